The van der Waals surface area contributed by atoms with Crippen LogP contribution >= 0.6 is 0 Å². The number of H-pyrrole nitrogens is 1. The molecule has 7 nitrogen and oxygen atoms in total. The van der Waals surface area contributed by atoms with E-state index in [0.29, 0.717) is 36.3 Å². The lowest BCUT2D eigenvalue weighted by atomic mass is 9.99. The third kappa shape index (κ3) is 4.28. The first kappa shape index (κ1) is 19.2. The SMILES string of the molecule is Cc1nc2c(c(C)c1CCC(=O)NC(CN)CC(C)C)c(=O)[nH]n2C. The Balaban J connectivity index is 2.14. The first-order valence-electron chi connectivity index (χ1n) is 8.78. The molecule has 0 aliphatic rings. The molecule has 1 unspecified atom stereocenters. The number of fused-ring (bicyclic) bond motifs is 1. The van der Waals surface area contributed by atoms with Gasteiger partial charge in [-0.1, -0.05) is 13.8 Å². The number of aryl methyl sites for hydroxylation is 3. The van der Waals surface area contributed by atoms with Gasteiger partial charge in [0.05, 0.1) is 5.39 Å². The van der Waals surface area contributed by atoms with Crippen molar-refractivity contribution >= 4 is 16.9 Å². The smallest absolute Gasteiger partial charge is 0.273 e. The Hall–Kier alpha value is -2.15. The lowest BCUT2D eigenvalue weighted by Gasteiger charge is -2.19. The minimum Gasteiger partial charge on any atom is -0.352 e. The van der Waals surface area contributed by atoms with Crippen molar-refractivity contribution < 1.29 is 4.79 Å². The quantitative estimate of drug-likeness (QED) is 0.702. The van der Waals surface area contributed by atoms with Crippen LogP contribution < -0.4 is 16.6 Å². The van der Waals surface area contributed by atoms with Crippen LogP contribution in [0.15, 0.2) is 4.79 Å². The van der Waals surface area contributed by atoms with E-state index in [1.807, 2.05) is 13.8 Å². The number of hydrogen-bond donors (Lipinski definition) is 3. The average molecular weight is 347 g/mol. The van der Waals surface area contributed by atoms with E-state index in [0.717, 1.165) is 23.2 Å². The summed E-state index contributed by atoms with van der Waals surface area (Å²) in [6, 6.07) is 0.00673. The number of amides is 1. The Bertz CT molecular complexity index is 819. The average Bonchev–Trinajstić information content (AvgIpc) is 2.80. The molecule has 1 amide bonds. The van der Waals surface area contributed by atoms with Crippen molar-refractivity contribution in [3.8, 4) is 0 Å². The second kappa shape index (κ2) is 7.82. The highest BCUT2D eigenvalue weighted by atomic mass is 16.1. The van der Waals surface area contributed by atoms with E-state index in [9.17, 15) is 9.59 Å². The van der Waals surface area contributed by atoms with Crippen molar-refractivity contribution in [3.63, 3.8) is 0 Å². The van der Waals surface area contributed by atoms with E-state index in [1.165, 1.54) is 0 Å². The fourth-order valence-corrected chi connectivity index (χ4v) is 3.34. The van der Waals surface area contributed by atoms with Crippen LogP contribution in [-0.4, -0.2) is 33.3 Å². The zero-order chi connectivity index (χ0) is 18.7. The molecular formula is C18H29N5O2. The van der Waals surface area contributed by atoms with Gasteiger partial charge in [0.15, 0.2) is 5.65 Å². The molecule has 4 N–H and O–H groups in total. The molecule has 2 aromatic heterocycles. The van der Waals surface area contributed by atoms with Gasteiger partial charge in [-0.05, 0) is 43.7 Å². The lowest BCUT2D eigenvalue weighted by Crippen LogP contribution is -2.41. The van der Waals surface area contributed by atoms with Gasteiger partial charge in [0, 0.05) is 31.7 Å². The minimum atomic E-state index is -0.145. The van der Waals surface area contributed by atoms with Crippen LogP contribution in [0.5, 0.6) is 0 Å². The predicted molar refractivity (Wildman–Crippen MR) is 99.6 cm³/mol. The second-order valence-electron chi connectivity index (χ2n) is 7.13. The topological polar surface area (TPSA) is 106 Å². The molecule has 2 rings (SSSR count). The number of rotatable bonds is 7. The first-order valence-corrected chi connectivity index (χ1v) is 8.78. The van der Waals surface area contributed by atoms with Gasteiger partial charge < -0.3 is 11.1 Å². The van der Waals surface area contributed by atoms with E-state index in [1.54, 1.807) is 11.7 Å². The van der Waals surface area contributed by atoms with Crippen LogP contribution in [0, 0.1) is 19.8 Å². The summed E-state index contributed by atoms with van der Waals surface area (Å²) >= 11 is 0. The maximum absolute atomic E-state index is 12.3. The number of aromatic amines is 1. The molecule has 0 aliphatic heterocycles. The van der Waals surface area contributed by atoms with Gasteiger partial charge in [-0.25, -0.2) is 4.98 Å². The summed E-state index contributed by atoms with van der Waals surface area (Å²) in [4.78, 5) is 28.9. The first-order chi connectivity index (χ1) is 11.7. The number of aromatic nitrogens is 3. The largest absolute Gasteiger partial charge is 0.352 e. The Morgan fingerprint density at radius 3 is 2.64 bits per heavy atom. The van der Waals surface area contributed by atoms with Crippen LogP contribution in [0.2, 0.25) is 0 Å². The van der Waals surface area contributed by atoms with Gasteiger partial charge in [0.1, 0.15) is 0 Å². The summed E-state index contributed by atoms with van der Waals surface area (Å²) in [6.45, 7) is 8.49. The fraction of sp³-hybridized carbons (Fsp3) is 0.611. The Kier molecular flexibility index (Phi) is 6.00. The van der Waals surface area contributed by atoms with Gasteiger partial charge in [-0.3, -0.25) is 19.4 Å². The van der Waals surface area contributed by atoms with Crippen molar-refractivity contribution in [1.29, 1.82) is 0 Å². The van der Waals surface area contributed by atoms with Crippen molar-refractivity contribution in [2.24, 2.45) is 18.7 Å². The third-order valence-corrected chi connectivity index (χ3v) is 4.58. The summed E-state index contributed by atoms with van der Waals surface area (Å²) in [5.41, 5.74) is 8.96. The van der Waals surface area contributed by atoms with Gasteiger partial charge in [-0.15, -0.1) is 0 Å². The number of carbonyl (C=O) groups excluding carboxylic acids is 1. The third-order valence-electron chi connectivity index (χ3n) is 4.58. The van der Waals surface area contributed by atoms with Crippen molar-refractivity contribution in [2.45, 2.75) is 53.0 Å². The number of hydrogen-bond acceptors (Lipinski definition) is 4. The van der Waals surface area contributed by atoms with Crippen LogP contribution in [0.1, 0.15) is 43.5 Å². The molecule has 0 saturated heterocycles. The zero-order valence-corrected chi connectivity index (χ0v) is 15.8. The normalized spacial score (nSPS) is 12.8. The summed E-state index contributed by atoms with van der Waals surface area (Å²) in [5, 5.41) is 6.34. The van der Waals surface area contributed by atoms with Crippen molar-refractivity contribution in [1.82, 2.24) is 20.1 Å². The molecular weight excluding hydrogens is 318 g/mol. The molecule has 138 valence electrons. The molecule has 0 aromatic carbocycles. The number of nitrogens with one attached hydrogen (secondary N) is 2. The molecule has 0 bridgehead atoms. The van der Waals surface area contributed by atoms with Gasteiger partial charge in [0.25, 0.3) is 5.56 Å². The standard InChI is InChI=1S/C18H29N5O2/c1-10(2)8-13(9-19)21-15(24)7-6-14-11(3)16-17(20-12(14)4)23(5)22-18(16)25/h10,13H,6-9,19H2,1-5H3,(H,21,24)(H,22,25). The molecule has 25 heavy (non-hydrogen) atoms. The molecule has 1 atom stereocenters. The number of nitrogens with two attached hydrogens (primary N) is 1. The van der Waals surface area contributed by atoms with E-state index in [-0.39, 0.29) is 17.5 Å². The van der Waals surface area contributed by atoms with E-state index in [4.69, 9.17) is 5.73 Å². The molecule has 2 aromatic rings. The van der Waals surface area contributed by atoms with E-state index < -0.39 is 0 Å². The molecule has 0 spiro atoms. The van der Waals surface area contributed by atoms with Crippen molar-refractivity contribution in [3.05, 3.63) is 27.2 Å². The molecule has 0 aliphatic carbocycles. The fourth-order valence-electron chi connectivity index (χ4n) is 3.34. The molecule has 0 fully saturated rings. The zero-order valence-electron chi connectivity index (χ0n) is 15.8. The molecule has 7 heteroatoms. The molecule has 0 radical (unpaired) electrons. The van der Waals surface area contributed by atoms with Gasteiger partial charge in [-0.2, -0.15) is 0 Å². The van der Waals surface area contributed by atoms with Gasteiger partial charge >= 0.3 is 0 Å². The van der Waals surface area contributed by atoms with Crippen LogP contribution in [0.3, 0.4) is 0 Å². The Morgan fingerprint density at radius 1 is 1.36 bits per heavy atom. The number of carbonyl (C=O) groups is 1. The van der Waals surface area contributed by atoms with Crippen LogP contribution in [-0.2, 0) is 18.3 Å². The highest BCUT2D eigenvalue weighted by Gasteiger charge is 2.17. The molecule has 0 saturated carbocycles. The summed E-state index contributed by atoms with van der Waals surface area (Å²) in [6.07, 6.45) is 1.78. The van der Waals surface area contributed by atoms with Crippen LogP contribution in [0.4, 0.5) is 0 Å². The monoisotopic (exact) mass is 347 g/mol. The van der Waals surface area contributed by atoms with Gasteiger partial charge in [0.2, 0.25) is 5.91 Å². The maximum Gasteiger partial charge on any atom is 0.273 e. The molecule has 2 heterocycles. The Morgan fingerprint density at radius 2 is 2.04 bits per heavy atom. The maximum atomic E-state index is 12.3. The summed E-state index contributed by atoms with van der Waals surface area (Å²) < 4.78 is 1.63. The predicted octanol–water partition coefficient (Wildman–Crippen LogP) is 1.30. The second-order valence-corrected chi connectivity index (χ2v) is 7.13. The number of nitrogens with zero attached hydrogens (tertiary/aromatic N) is 2. The lowest BCUT2D eigenvalue weighted by molar-refractivity contribution is -0.121. The minimum absolute atomic E-state index is 0.00673. The highest BCUT2D eigenvalue weighted by Crippen LogP contribution is 2.21. The Labute approximate surface area is 148 Å². The number of pyridine rings is 1. The highest BCUT2D eigenvalue weighted by molar-refractivity contribution is 5.81. The van der Waals surface area contributed by atoms with Crippen LogP contribution in [0.25, 0.3) is 11.0 Å². The summed E-state index contributed by atoms with van der Waals surface area (Å²) in [7, 11) is 1.77. The summed E-state index contributed by atoms with van der Waals surface area (Å²) in [5.74, 6) is 0.465. The van der Waals surface area contributed by atoms with E-state index in [2.05, 4.69) is 29.2 Å². The van der Waals surface area contributed by atoms with E-state index >= 15 is 0 Å². The van der Waals surface area contributed by atoms with Crippen molar-refractivity contribution in [2.75, 3.05) is 6.54 Å².